The van der Waals surface area contributed by atoms with E-state index >= 15 is 0 Å². The molecule has 0 aliphatic carbocycles. The monoisotopic (exact) mass is 297 g/mol. The molecule has 0 saturated heterocycles. The van der Waals surface area contributed by atoms with Gasteiger partial charge in [0, 0.05) is 11.8 Å². The van der Waals surface area contributed by atoms with Gasteiger partial charge in [-0.15, -0.1) is 0 Å². The molecule has 0 bridgehead atoms. The van der Waals surface area contributed by atoms with E-state index in [1.807, 2.05) is 49.4 Å². The first-order valence-corrected chi connectivity index (χ1v) is 7.27. The van der Waals surface area contributed by atoms with Crippen LogP contribution in [0.15, 0.2) is 54.6 Å². The van der Waals surface area contributed by atoms with Gasteiger partial charge in [0.25, 0.3) is 5.91 Å². The summed E-state index contributed by atoms with van der Waals surface area (Å²) in [4.78, 5) is 23.5. The molecule has 0 radical (unpaired) electrons. The highest BCUT2D eigenvalue weighted by Crippen LogP contribution is 2.19. The fourth-order valence-corrected chi connectivity index (χ4v) is 1.99. The lowest BCUT2D eigenvalue weighted by Gasteiger charge is -2.12. The molecular weight excluding hydrogens is 278 g/mol. The van der Waals surface area contributed by atoms with Crippen LogP contribution in [0.5, 0.6) is 0 Å². The minimum atomic E-state index is -0.847. The van der Waals surface area contributed by atoms with Crippen LogP contribution in [-0.2, 0) is 14.3 Å². The topological polar surface area (TPSA) is 55.4 Å². The molecule has 0 unspecified atom stereocenters. The van der Waals surface area contributed by atoms with Crippen LogP contribution in [0.4, 0.5) is 5.69 Å². The SMILES string of the molecule is CC/C=C/C(=O)O[C@H](C)C(=O)Nc1ccc2ccccc2c1. The highest BCUT2D eigenvalue weighted by atomic mass is 16.5. The van der Waals surface area contributed by atoms with Crippen molar-refractivity contribution < 1.29 is 14.3 Å². The predicted octanol–water partition coefficient (Wildman–Crippen LogP) is 3.68. The van der Waals surface area contributed by atoms with Gasteiger partial charge in [-0.3, -0.25) is 4.79 Å². The lowest BCUT2D eigenvalue weighted by molar-refractivity contribution is -0.148. The Morgan fingerprint density at radius 2 is 1.91 bits per heavy atom. The number of allylic oxidation sites excluding steroid dienone is 1. The van der Waals surface area contributed by atoms with Gasteiger partial charge in [0.2, 0.25) is 0 Å². The molecule has 0 spiro atoms. The summed E-state index contributed by atoms with van der Waals surface area (Å²) in [6.07, 6.45) is 2.92. The van der Waals surface area contributed by atoms with E-state index in [4.69, 9.17) is 4.74 Å². The Morgan fingerprint density at radius 1 is 1.18 bits per heavy atom. The van der Waals surface area contributed by atoms with Crippen molar-refractivity contribution in [1.29, 1.82) is 0 Å². The normalized spacial score (nSPS) is 12.3. The van der Waals surface area contributed by atoms with Crippen molar-refractivity contribution in [2.24, 2.45) is 0 Å². The molecule has 0 fully saturated rings. The van der Waals surface area contributed by atoms with Gasteiger partial charge in [-0.2, -0.15) is 0 Å². The summed E-state index contributed by atoms with van der Waals surface area (Å²) >= 11 is 0. The highest BCUT2D eigenvalue weighted by Gasteiger charge is 2.16. The number of amides is 1. The van der Waals surface area contributed by atoms with Crippen molar-refractivity contribution in [2.75, 3.05) is 5.32 Å². The van der Waals surface area contributed by atoms with Gasteiger partial charge >= 0.3 is 5.97 Å². The molecule has 0 aromatic heterocycles. The minimum absolute atomic E-state index is 0.353. The molecule has 22 heavy (non-hydrogen) atoms. The number of ether oxygens (including phenoxy) is 1. The summed E-state index contributed by atoms with van der Waals surface area (Å²) in [6.45, 7) is 3.47. The van der Waals surface area contributed by atoms with E-state index in [-0.39, 0.29) is 5.91 Å². The number of carbonyl (C=O) groups is 2. The van der Waals surface area contributed by atoms with E-state index in [1.165, 1.54) is 6.08 Å². The maximum absolute atomic E-state index is 12.0. The molecule has 0 aliphatic heterocycles. The van der Waals surface area contributed by atoms with Crippen molar-refractivity contribution in [2.45, 2.75) is 26.4 Å². The van der Waals surface area contributed by atoms with Crippen LogP contribution in [0.25, 0.3) is 10.8 Å². The number of rotatable bonds is 5. The largest absolute Gasteiger partial charge is 0.449 e. The molecule has 2 aromatic carbocycles. The fourth-order valence-electron chi connectivity index (χ4n) is 1.99. The predicted molar refractivity (Wildman–Crippen MR) is 87.6 cm³/mol. The molecule has 0 aliphatic rings. The van der Waals surface area contributed by atoms with E-state index < -0.39 is 12.1 Å². The zero-order chi connectivity index (χ0) is 15.9. The summed E-state index contributed by atoms with van der Waals surface area (Å²) < 4.78 is 5.04. The van der Waals surface area contributed by atoms with Crippen LogP contribution in [0.3, 0.4) is 0 Å². The van der Waals surface area contributed by atoms with Gasteiger partial charge in [-0.25, -0.2) is 4.79 Å². The van der Waals surface area contributed by atoms with E-state index in [1.54, 1.807) is 13.0 Å². The van der Waals surface area contributed by atoms with Crippen LogP contribution in [0.1, 0.15) is 20.3 Å². The van der Waals surface area contributed by atoms with Gasteiger partial charge < -0.3 is 10.1 Å². The molecule has 1 atom stereocenters. The molecule has 4 heteroatoms. The second-order valence-electron chi connectivity index (χ2n) is 4.94. The molecule has 2 aromatic rings. The van der Waals surface area contributed by atoms with Crippen LogP contribution >= 0.6 is 0 Å². The summed E-state index contributed by atoms with van der Waals surface area (Å²) in [5, 5.41) is 4.89. The van der Waals surface area contributed by atoms with Crippen molar-refractivity contribution in [1.82, 2.24) is 0 Å². The fraction of sp³-hybridized carbons (Fsp3) is 0.222. The lowest BCUT2D eigenvalue weighted by Crippen LogP contribution is -2.29. The van der Waals surface area contributed by atoms with Gasteiger partial charge in [-0.05, 0) is 36.2 Å². The lowest BCUT2D eigenvalue weighted by atomic mass is 10.1. The maximum Gasteiger partial charge on any atom is 0.331 e. The van der Waals surface area contributed by atoms with Gasteiger partial charge in [-0.1, -0.05) is 43.3 Å². The zero-order valence-corrected chi connectivity index (χ0v) is 12.7. The summed E-state index contributed by atoms with van der Waals surface area (Å²) in [5.74, 6) is -0.864. The Balaban J connectivity index is 2.00. The first-order valence-electron chi connectivity index (χ1n) is 7.27. The number of fused-ring (bicyclic) bond motifs is 1. The molecular formula is C18H19NO3. The summed E-state index contributed by atoms with van der Waals surface area (Å²) in [7, 11) is 0. The Bertz CT molecular complexity index is 706. The van der Waals surface area contributed by atoms with E-state index in [2.05, 4.69) is 5.32 Å². The standard InChI is InChI=1S/C18H19NO3/c1-3-4-9-17(20)22-13(2)18(21)19-16-11-10-14-7-5-6-8-15(14)12-16/h4-13H,3H2,1-2H3,(H,19,21)/b9-4+/t13-/m1/s1. The summed E-state index contributed by atoms with van der Waals surface area (Å²) in [6, 6.07) is 13.5. The van der Waals surface area contributed by atoms with Gasteiger partial charge in [0.1, 0.15) is 0 Å². The van der Waals surface area contributed by atoms with Crippen molar-refractivity contribution in [3.05, 3.63) is 54.6 Å². The number of carbonyl (C=O) groups excluding carboxylic acids is 2. The van der Waals surface area contributed by atoms with Crippen molar-refractivity contribution in [3.8, 4) is 0 Å². The Kier molecular flexibility index (Phi) is 5.31. The zero-order valence-electron chi connectivity index (χ0n) is 12.7. The molecule has 0 saturated carbocycles. The van der Waals surface area contributed by atoms with Crippen molar-refractivity contribution in [3.63, 3.8) is 0 Å². The summed E-state index contributed by atoms with van der Waals surface area (Å²) in [5.41, 5.74) is 0.677. The van der Waals surface area contributed by atoms with E-state index in [0.29, 0.717) is 5.69 Å². The van der Waals surface area contributed by atoms with Gasteiger partial charge in [0.15, 0.2) is 6.10 Å². The third-order valence-corrected chi connectivity index (χ3v) is 3.17. The molecule has 1 N–H and O–H groups in total. The third-order valence-electron chi connectivity index (χ3n) is 3.17. The van der Waals surface area contributed by atoms with Crippen LogP contribution in [-0.4, -0.2) is 18.0 Å². The molecule has 1 amide bonds. The number of anilines is 1. The Morgan fingerprint density at radius 3 is 2.64 bits per heavy atom. The number of hydrogen-bond acceptors (Lipinski definition) is 3. The van der Waals surface area contributed by atoms with E-state index in [9.17, 15) is 9.59 Å². The average Bonchev–Trinajstić information content (AvgIpc) is 2.52. The minimum Gasteiger partial charge on any atom is -0.449 e. The van der Waals surface area contributed by atoms with Crippen LogP contribution in [0, 0.1) is 0 Å². The van der Waals surface area contributed by atoms with E-state index in [0.717, 1.165) is 17.2 Å². The first-order chi connectivity index (χ1) is 10.6. The smallest absolute Gasteiger partial charge is 0.331 e. The quantitative estimate of drug-likeness (QED) is 0.676. The van der Waals surface area contributed by atoms with Crippen molar-refractivity contribution >= 4 is 28.3 Å². The molecule has 0 heterocycles. The first kappa shape index (κ1) is 15.8. The van der Waals surface area contributed by atoms with Gasteiger partial charge in [0.05, 0.1) is 0 Å². The maximum atomic E-state index is 12.0. The van der Waals surface area contributed by atoms with Crippen LogP contribution < -0.4 is 5.32 Å². The second kappa shape index (κ2) is 7.41. The number of nitrogens with one attached hydrogen (secondary N) is 1. The van der Waals surface area contributed by atoms with Crippen LogP contribution in [0.2, 0.25) is 0 Å². The average molecular weight is 297 g/mol. The number of benzene rings is 2. The number of esters is 1. The molecule has 2 rings (SSSR count). The Labute approximate surface area is 129 Å². The second-order valence-corrected chi connectivity index (χ2v) is 4.94. The third kappa shape index (κ3) is 4.19. The molecule has 114 valence electrons. The number of hydrogen-bond donors (Lipinski definition) is 1. The molecule has 4 nitrogen and oxygen atoms in total. The Hall–Kier alpha value is -2.62. The highest BCUT2D eigenvalue weighted by molar-refractivity contribution is 5.98.